The number of aliphatic hydroxyl groups is 1. The van der Waals surface area contributed by atoms with Crippen LogP contribution in [-0.2, 0) is 5.72 Å². The van der Waals surface area contributed by atoms with Gasteiger partial charge in [0.15, 0.2) is 5.72 Å². The molecule has 2 aromatic rings. The second-order valence-corrected chi connectivity index (χ2v) is 5.14. The van der Waals surface area contributed by atoms with Gasteiger partial charge in [-0.2, -0.15) is 0 Å². The van der Waals surface area contributed by atoms with E-state index in [2.05, 4.69) is 4.99 Å². The van der Waals surface area contributed by atoms with Gasteiger partial charge in [-0.15, -0.1) is 11.3 Å². The molecule has 2 rings (SSSR count). The standard InChI is InChI=1S/C14H15NOS/c1-11-5-7-12(8-6-11)14(2,16)15-10-13-4-3-9-17-13/h3-10,16H,1-2H3/b15-10+/t14-/m1/s1. The highest BCUT2D eigenvalue weighted by Crippen LogP contribution is 2.22. The summed E-state index contributed by atoms with van der Waals surface area (Å²) in [6.45, 7) is 3.72. The van der Waals surface area contributed by atoms with Crippen LogP contribution in [0.1, 0.15) is 22.9 Å². The van der Waals surface area contributed by atoms with Gasteiger partial charge >= 0.3 is 0 Å². The van der Waals surface area contributed by atoms with Crippen molar-refractivity contribution in [3.05, 3.63) is 57.8 Å². The summed E-state index contributed by atoms with van der Waals surface area (Å²) in [6, 6.07) is 11.7. The summed E-state index contributed by atoms with van der Waals surface area (Å²) in [7, 11) is 0. The van der Waals surface area contributed by atoms with Gasteiger partial charge in [0.05, 0.1) is 0 Å². The van der Waals surface area contributed by atoms with E-state index in [1.807, 2.05) is 48.7 Å². The first-order valence-electron chi connectivity index (χ1n) is 5.46. The largest absolute Gasteiger partial charge is 0.366 e. The van der Waals surface area contributed by atoms with Gasteiger partial charge in [0.2, 0.25) is 0 Å². The Balaban J connectivity index is 2.21. The van der Waals surface area contributed by atoms with Gasteiger partial charge in [-0.25, -0.2) is 0 Å². The van der Waals surface area contributed by atoms with Gasteiger partial charge in [-0.3, -0.25) is 4.99 Å². The molecule has 0 unspecified atom stereocenters. The van der Waals surface area contributed by atoms with Crippen LogP contribution >= 0.6 is 11.3 Å². The van der Waals surface area contributed by atoms with Crippen molar-refractivity contribution in [2.24, 2.45) is 4.99 Å². The molecule has 0 aliphatic rings. The number of hydrogen-bond acceptors (Lipinski definition) is 3. The van der Waals surface area contributed by atoms with E-state index in [1.165, 1.54) is 5.56 Å². The smallest absolute Gasteiger partial charge is 0.179 e. The summed E-state index contributed by atoms with van der Waals surface area (Å²) in [4.78, 5) is 5.28. The Kier molecular flexibility index (Phi) is 3.41. The maximum absolute atomic E-state index is 10.3. The Bertz CT molecular complexity index is 498. The minimum atomic E-state index is -1.17. The number of aryl methyl sites for hydroxylation is 1. The van der Waals surface area contributed by atoms with E-state index < -0.39 is 5.72 Å². The molecule has 0 aliphatic heterocycles. The Morgan fingerprint density at radius 2 is 1.94 bits per heavy atom. The van der Waals surface area contributed by atoms with Crippen molar-refractivity contribution in [1.29, 1.82) is 0 Å². The average molecular weight is 245 g/mol. The molecule has 0 aliphatic carbocycles. The third-order valence-corrected chi connectivity index (χ3v) is 3.39. The van der Waals surface area contributed by atoms with E-state index in [0.29, 0.717) is 0 Å². The molecule has 1 atom stereocenters. The molecule has 0 radical (unpaired) electrons. The Morgan fingerprint density at radius 1 is 1.24 bits per heavy atom. The normalized spacial score (nSPS) is 15.0. The lowest BCUT2D eigenvalue weighted by atomic mass is 10.0. The lowest BCUT2D eigenvalue weighted by Crippen LogP contribution is -2.18. The van der Waals surface area contributed by atoms with E-state index in [-0.39, 0.29) is 0 Å². The first kappa shape index (κ1) is 12.0. The van der Waals surface area contributed by atoms with E-state index in [9.17, 15) is 5.11 Å². The zero-order chi connectivity index (χ0) is 12.3. The molecule has 88 valence electrons. The molecule has 1 N–H and O–H groups in total. The van der Waals surface area contributed by atoms with Gasteiger partial charge in [-0.1, -0.05) is 35.9 Å². The van der Waals surface area contributed by atoms with Crippen LogP contribution in [0.25, 0.3) is 0 Å². The second kappa shape index (κ2) is 4.82. The molecule has 0 amide bonds. The minimum absolute atomic E-state index is 0.802. The van der Waals surface area contributed by atoms with Crippen molar-refractivity contribution in [2.75, 3.05) is 0 Å². The predicted octanol–water partition coefficient (Wildman–Crippen LogP) is 3.34. The van der Waals surface area contributed by atoms with Crippen LogP contribution in [-0.4, -0.2) is 11.3 Å². The van der Waals surface area contributed by atoms with E-state index >= 15 is 0 Å². The molecule has 0 bridgehead atoms. The topological polar surface area (TPSA) is 32.6 Å². The molecule has 17 heavy (non-hydrogen) atoms. The van der Waals surface area contributed by atoms with Crippen molar-refractivity contribution >= 4 is 17.6 Å². The Morgan fingerprint density at radius 3 is 2.53 bits per heavy atom. The summed E-state index contributed by atoms with van der Waals surface area (Å²) in [5.74, 6) is 0. The van der Waals surface area contributed by atoms with Gasteiger partial charge in [0, 0.05) is 16.7 Å². The summed E-state index contributed by atoms with van der Waals surface area (Å²) in [6.07, 6.45) is 1.71. The van der Waals surface area contributed by atoms with Crippen LogP contribution in [0.3, 0.4) is 0 Å². The second-order valence-electron chi connectivity index (χ2n) is 4.16. The van der Waals surface area contributed by atoms with Crippen LogP contribution < -0.4 is 0 Å². The third kappa shape index (κ3) is 3.02. The third-order valence-electron chi connectivity index (χ3n) is 2.58. The predicted molar refractivity (Wildman–Crippen MR) is 72.7 cm³/mol. The lowest BCUT2D eigenvalue weighted by Gasteiger charge is -2.18. The molecular weight excluding hydrogens is 230 g/mol. The minimum Gasteiger partial charge on any atom is -0.366 e. The number of nitrogens with zero attached hydrogens (tertiary/aromatic N) is 1. The van der Waals surface area contributed by atoms with Crippen LogP contribution in [0.5, 0.6) is 0 Å². The van der Waals surface area contributed by atoms with Gasteiger partial charge in [0.1, 0.15) is 0 Å². The summed E-state index contributed by atoms with van der Waals surface area (Å²) >= 11 is 1.60. The fourth-order valence-electron chi connectivity index (χ4n) is 1.50. The molecule has 1 aromatic heterocycles. The highest BCUT2D eigenvalue weighted by molar-refractivity contribution is 7.11. The highest BCUT2D eigenvalue weighted by atomic mass is 32.1. The number of rotatable bonds is 3. The van der Waals surface area contributed by atoms with Crippen molar-refractivity contribution in [3.8, 4) is 0 Å². The van der Waals surface area contributed by atoms with Crippen LogP contribution in [0.2, 0.25) is 0 Å². The highest BCUT2D eigenvalue weighted by Gasteiger charge is 2.20. The lowest BCUT2D eigenvalue weighted by molar-refractivity contribution is 0.0683. The van der Waals surface area contributed by atoms with Crippen molar-refractivity contribution in [2.45, 2.75) is 19.6 Å². The van der Waals surface area contributed by atoms with Gasteiger partial charge in [0.25, 0.3) is 0 Å². The fraction of sp³-hybridized carbons (Fsp3) is 0.214. The molecule has 0 saturated carbocycles. The number of thiophene rings is 1. The van der Waals surface area contributed by atoms with E-state index in [1.54, 1.807) is 24.5 Å². The first-order chi connectivity index (χ1) is 8.08. The van der Waals surface area contributed by atoms with Crippen molar-refractivity contribution < 1.29 is 5.11 Å². The zero-order valence-electron chi connectivity index (χ0n) is 9.92. The monoisotopic (exact) mass is 245 g/mol. The zero-order valence-corrected chi connectivity index (χ0v) is 10.7. The Labute approximate surface area is 105 Å². The molecule has 1 heterocycles. The first-order valence-corrected chi connectivity index (χ1v) is 6.34. The average Bonchev–Trinajstić information content (AvgIpc) is 2.80. The van der Waals surface area contributed by atoms with Crippen molar-refractivity contribution in [3.63, 3.8) is 0 Å². The molecule has 0 spiro atoms. The molecule has 0 fully saturated rings. The van der Waals surface area contributed by atoms with Gasteiger partial charge in [-0.05, 0) is 25.3 Å². The molecule has 1 aromatic carbocycles. The van der Waals surface area contributed by atoms with Crippen LogP contribution in [0.4, 0.5) is 0 Å². The molecule has 0 saturated heterocycles. The number of hydrogen-bond donors (Lipinski definition) is 1. The van der Waals surface area contributed by atoms with Crippen molar-refractivity contribution in [1.82, 2.24) is 0 Å². The molecule has 3 heteroatoms. The fourth-order valence-corrected chi connectivity index (χ4v) is 2.08. The maximum atomic E-state index is 10.3. The maximum Gasteiger partial charge on any atom is 0.179 e. The Hall–Kier alpha value is -1.45. The van der Waals surface area contributed by atoms with E-state index in [4.69, 9.17) is 0 Å². The number of aliphatic imine (C=N–C) groups is 1. The number of benzene rings is 1. The summed E-state index contributed by atoms with van der Waals surface area (Å²) < 4.78 is 0. The molecule has 2 nitrogen and oxygen atoms in total. The SMILES string of the molecule is Cc1ccc([C@@](C)(O)/N=C/c2cccs2)cc1. The van der Waals surface area contributed by atoms with Crippen LogP contribution in [0.15, 0.2) is 46.8 Å². The molecular formula is C14H15NOS. The summed E-state index contributed by atoms with van der Waals surface area (Å²) in [5.41, 5.74) is 0.806. The quantitative estimate of drug-likeness (QED) is 0.826. The van der Waals surface area contributed by atoms with Gasteiger partial charge < -0.3 is 5.11 Å². The van der Waals surface area contributed by atoms with Crippen LogP contribution in [0, 0.1) is 6.92 Å². The summed E-state index contributed by atoms with van der Waals surface area (Å²) in [5, 5.41) is 12.3. The van der Waals surface area contributed by atoms with E-state index in [0.717, 1.165) is 10.4 Å².